The van der Waals surface area contributed by atoms with Crippen molar-refractivity contribution in [1.82, 2.24) is 0 Å². The Hall–Kier alpha value is -1.04. The lowest BCUT2D eigenvalue weighted by Crippen LogP contribution is -1.99. The van der Waals surface area contributed by atoms with Crippen LogP contribution in [0.3, 0.4) is 0 Å². The second kappa shape index (κ2) is 5.89. The molecule has 0 saturated carbocycles. The number of hydrogen-bond acceptors (Lipinski definition) is 0. The fourth-order valence-corrected chi connectivity index (χ4v) is 2.55. The van der Waals surface area contributed by atoms with Crippen molar-refractivity contribution < 1.29 is 0 Å². The maximum absolute atomic E-state index is 2.32. The Morgan fingerprint density at radius 2 is 1.62 bits per heavy atom. The van der Waals surface area contributed by atoms with Crippen LogP contribution in [0.4, 0.5) is 0 Å². The van der Waals surface area contributed by atoms with E-state index in [-0.39, 0.29) is 0 Å². The van der Waals surface area contributed by atoms with Gasteiger partial charge in [-0.05, 0) is 56.2 Å². The molecule has 1 aromatic rings. The van der Waals surface area contributed by atoms with Gasteiger partial charge in [0.05, 0.1) is 0 Å². The van der Waals surface area contributed by atoms with Crippen LogP contribution in [0.25, 0.3) is 0 Å². The van der Waals surface area contributed by atoms with Gasteiger partial charge in [-0.15, -0.1) is 0 Å². The maximum atomic E-state index is 2.32. The van der Waals surface area contributed by atoms with Gasteiger partial charge in [-0.25, -0.2) is 0 Å². The first-order chi connectivity index (χ1) is 7.56. The van der Waals surface area contributed by atoms with Gasteiger partial charge in [0.25, 0.3) is 0 Å². The number of benzene rings is 1. The lowest BCUT2D eigenvalue weighted by Gasteiger charge is -2.17. The molecule has 0 radical (unpaired) electrons. The molecule has 0 aliphatic heterocycles. The highest BCUT2D eigenvalue weighted by molar-refractivity contribution is 5.39. The molecule has 1 rings (SSSR count). The third-order valence-corrected chi connectivity index (χ3v) is 3.12. The Kier molecular flexibility index (Phi) is 4.79. The summed E-state index contributed by atoms with van der Waals surface area (Å²) in [6.45, 7) is 11.1. The molecule has 1 aromatic carbocycles. The van der Waals surface area contributed by atoms with E-state index in [1.54, 1.807) is 0 Å². The summed E-state index contributed by atoms with van der Waals surface area (Å²) in [6, 6.07) is 4.59. The van der Waals surface area contributed by atoms with Crippen LogP contribution in [0.2, 0.25) is 0 Å². The topological polar surface area (TPSA) is 0 Å². The minimum Gasteiger partial charge on any atom is -0.0888 e. The fraction of sp³-hybridized carbons (Fsp3) is 0.500. The molecule has 0 heteroatoms. The van der Waals surface area contributed by atoms with E-state index >= 15 is 0 Å². The molecule has 1 unspecified atom stereocenters. The van der Waals surface area contributed by atoms with E-state index < -0.39 is 0 Å². The molecule has 0 aliphatic carbocycles. The highest BCUT2D eigenvalue weighted by Crippen LogP contribution is 2.27. The molecule has 0 bridgehead atoms. The van der Waals surface area contributed by atoms with E-state index in [2.05, 4.69) is 58.9 Å². The van der Waals surface area contributed by atoms with E-state index in [4.69, 9.17) is 0 Å². The number of allylic oxidation sites excluding steroid dienone is 2. The summed E-state index contributed by atoms with van der Waals surface area (Å²) < 4.78 is 0. The normalized spacial score (nSPS) is 13.3. The van der Waals surface area contributed by atoms with Crippen LogP contribution >= 0.6 is 0 Å². The zero-order chi connectivity index (χ0) is 12.1. The van der Waals surface area contributed by atoms with Gasteiger partial charge in [0, 0.05) is 0 Å². The second-order valence-corrected chi connectivity index (χ2v) is 4.83. The average molecular weight is 216 g/mol. The molecule has 0 fully saturated rings. The lowest BCUT2D eigenvalue weighted by atomic mass is 9.88. The van der Waals surface area contributed by atoms with E-state index in [9.17, 15) is 0 Å². The third-order valence-electron chi connectivity index (χ3n) is 3.12. The van der Waals surface area contributed by atoms with Crippen LogP contribution in [0, 0.1) is 20.8 Å². The molecule has 0 saturated heterocycles. The van der Waals surface area contributed by atoms with Crippen LogP contribution < -0.4 is 0 Å². The molecular formula is C16H24. The molecule has 0 aromatic heterocycles. The molecule has 0 aliphatic rings. The van der Waals surface area contributed by atoms with Crippen LogP contribution in [-0.2, 0) is 0 Å². The molecule has 0 spiro atoms. The van der Waals surface area contributed by atoms with Crippen molar-refractivity contribution in [3.8, 4) is 0 Å². The number of rotatable bonds is 4. The molecule has 0 nitrogen and oxygen atoms in total. The molecule has 0 heterocycles. The van der Waals surface area contributed by atoms with Gasteiger partial charge in [-0.3, -0.25) is 0 Å². The zero-order valence-corrected chi connectivity index (χ0v) is 11.3. The van der Waals surface area contributed by atoms with Gasteiger partial charge in [0.15, 0.2) is 0 Å². The summed E-state index contributed by atoms with van der Waals surface area (Å²) in [4.78, 5) is 0. The minimum atomic E-state index is 0.628. The van der Waals surface area contributed by atoms with Gasteiger partial charge < -0.3 is 0 Å². The first-order valence-corrected chi connectivity index (χ1v) is 6.29. The van der Waals surface area contributed by atoms with Gasteiger partial charge in [0.2, 0.25) is 0 Å². The Bertz CT molecular complexity index is 349. The third kappa shape index (κ3) is 3.23. The largest absolute Gasteiger partial charge is 0.0888 e. The monoisotopic (exact) mass is 216 g/mol. The summed E-state index contributed by atoms with van der Waals surface area (Å²) in [6.07, 6.45) is 6.86. The van der Waals surface area contributed by atoms with Crippen LogP contribution in [0.5, 0.6) is 0 Å². The SMILES string of the molecule is CC/C=C\CC(C)c1c(C)cc(C)cc1C. The second-order valence-electron chi connectivity index (χ2n) is 4.83. The highest BCUT2D eigenvalue weighted by Gasteiger charge is 2.10. The van der Waals surface area contributed by atoms with Gasteiger partial charge in [0.1, 0.15) is 0 Å². The van der Waals surface area contributed by atoms with E-state index in [0.717, 1.165) is 12.8 Å². The first-order valence-electron chi connectivity index (χ1n) is 6.29. The summed E-state index contributed by atoms with van der Waals surface area (Å²) in [5.41, 5.74) is 5.78. The summed E-state index contributed by atoms with van der Waals surface area (Å²) in [5, 5.41) is 0. The first kappa shape index (κ1) is 13.0. The van der Waals surface area contributed by atoms with Crippen LogP contribution in [-0.4, -0.2) is 0 Å². The van der Waals surface area contributed by atoms with Crippen molar-refractivity contribution in [3.05, 3.63) is 46.5 Å². The van der Waals surface area contributed by atoms with Crippen molar-refractivity contribution >= 4 is 0 Å². The molecule has 1 atom stereocenters. The fourth-order valence-electron chi connectivity index (χ4n) is 2.55. The molecule has 88 valence electrons. The summed E-state index contributed by atoms with van der Waals surface area (Å²) in [5.74, 6) is 0.628. The van der Waals surface area contributed by atoms with Crippen molar-refractivity contribution in [2.45, 2.75) is 53.4 Å². The van der Waals surface area contributed by atoms with E-state index in [0.29, 0.717) is 5.92 Å². The van der Waals surface area contributed by atoms with E-state index in [1.165, 1.54) is 22.3 Å². The zero-order valence-electron chi connectivity index (χ0n) is 11.3. The molecule has 16 heavy (non-hydrogen) atoms. The molecule has 0 N–H and O–H groups in total. The van der Waals surface area contributed by atoms with Crippen molar-refractivity contribution in [2.75, 3.05) is 0 Å². The van der Waals surface area contributed by atoms with Gasteiger partial charge in [-0.1, -0.05) is 43.7 Å². The van der Waals surface area contributed by atoms with Gasteiger partial charge >= 0.3 is 0 Å². The molecule has 0 amide bonds. The van der Waals surface area contributed by atoms with Crippen molar-refractivity contribution in [1.29, 1.82) is 0 Å². The van der Waals surface area contributed by atoms with Crippen LogP contribution in [0.15, 0.2) is 24.3 Å². The standard InChI is InChI=1S/C16H24/c1-6-7-8-9-13(3)16-14(4)10-12(2)11-15(16)5/h7-8,10-11,13H,6,9H2,1-5H3/b8-7-. The molecular weight excluding hydrogens is 192 g/mol. The smallest absolute Gasteiger partial charge is 0.0151 e. The van der Waals surface area contributed by atoms with Crippen molar-refractivity contribution in [3.63, 3.8) is 0 Å². The number of hydrogen-bond donors (Lipinski definition) is 0. The lowest BCUT2D eigenvalue weighted by molar-refractivity contribution is 0.764. The maximum Gasteiger partial charge on any atom is -0.0151 e. The summed E-state index contributed by atoms with van der Waals surface area (Å²) in [7, 11) is 0. The number of aryl methyl sites for hydroxylation is 3. The Balaban J connectivity index is 2.90. The predicted molar refractivity (Wildman–Crippen MR) is 73.1 cm³/mol. The average Bonchev–Trinajstić information content (AvgIpc) is 2.16. The van der Waals surface area contributed by atoms with Gasteiger partial charge in [-0.2, -0.15) is 0 Å². The van der Waals surface area contributed by atoms with Crippen molar-refractivity contribution in [2.24, 2.45) is 0 Å². The van der Waals surface area contributed by atoms with Crippen LogP contribution in [0.1, 0.15) is 54.9 Å². The minimum absolute atomic E-state index is 0.628. The Labute approximate surface area is 100 Å². The highest BCUT2D eigenvalue weighted by atomic mass is 14.1. The summed E-state index contributed by atoms with van der Waals surface area (Å²) >= 11 is 0. The predicted octanol–water partition coefficient (Wildman–Crippen LogP) is 5.07. The quantitative estimate of drug-likeness (QED) is 0.616. The van der Waals surface area contributed by atoms with E-state index in [1.807, 2.05) is 0 Å². The Morgan fingerprint density at radius 1 is 1.06 bits per heavy atom. The Morgan fingerprint density at radius 3 is 2.12 bits per heavy atom.